The first-order chi connectivity index (χ1) is 11.9. The van der Waals surface area contributed by atoms with Gasteiger partial charge in [0.05, 0.1) is 11.1 Å². The fraction of sp³-hybridized carbons (Fsp3) is 0.722. The van der Waals surface area contributed by atoms with Crippen molar-refractivity contribution in [2.75, 3.05) is 20.1 Å². The van der Waals surface area contributed by atoms with Gasteiger partial charge in [0.2, 0.25) is 5.91 Å². The molecular formula is C18H33N5O2. The molecule has 0 atom stereocenters. The molecule has 25 heavy (non-hydrogen) atoms. The van der Waals surface area contributed by atoms with E-state index in [1.807, 2.05) is 26.8 Å². The zero-order valence-electron chi connectivity index (χ0n) is 16.4. The Balaban J connectivity index is 2.71. The number of rotatable bonds is 9. The normalized spacial score (nSPS) is 12.4. The van der Waals surface area contributed by atoms with Crippen LogP contribution in [0.3, 0.4) is 0 Å². The highest BCUT2D eigenvalue weighted by atomic mass is 16.5. The van der Waals surface area contributed by atoms with Gasteiger partial charge in [-0.05, 0) is 33.6 Å². The van der Waals surface area contributed by atoms with Crippen molar-refractivity contribution in [2.24, 2.45) is 10.4 Å². The summed E-state index contributed by atoms with van der Waals surface area (Å²) in [7, 11) is 1.64. The lowest BCUT2D eigenvalue weighted by Crippen LogP contribution is -2.47. The summed E-state index contributed by atoms with van der Waals surface area (Å²) in [5.74, 6) is 1.81. The van der Waals surface area contributed by atoms with E-state index in [1.165, 1.54) is 0 Å². The van der Waals surface area contributed by atoms with Crippen LogP contribution >= 0.6 is 0 Å². The maximum atomic E-state index is 11.9. The Labute approximate surface area is 151 Å². The summed E-state index contributed by atoms with van der Waals surface area (Å²) in [6, 6.07) is 1.99. The van der Waals surface area contributed by atoms with Gasteiger partial charge in [-0.3, -0.25) is 4.79 Å². The van der Waals surface area contributed by atoms with Crippen LogP contribution in [0.2, 0.25) is 0 Å². The van der Waals surface area contributed by atoms with Gasteiger partial charge in [-0.1, -0.05) is 19.0 Å². The van der Waals surface area contributed by atoms with E-state index in [0.717, 1.165) is 30.8 Å². The topological polar surface area (TPSA) is 91.6 Å². The monoisotopic (exact) mass is 351 g/mol. The standard InChI is InChI=1S/C18H33N5O2/c1-7-13(8-2)15-10-14(25-23-15)11-21-17(20-9-3)22-12-18(4,5)16(24)19-6/h10,13H,7-9,11-12H2,1-6H3,(H,19,24)(H2,20,21,22). The third-order valence-corrected chi connectivity index (χ3v) is 4.26. The maximum absolute atomic E-state index is 11.9. The van der Waals surface area contributed by atoms with Crippen LogP contribution in [0.4, 0.5) is 0 Å². The van der Waals surface area contributed by atoms with Crippen molar-refractivity contribution < 1.29 is 9.32 Å². The highest BCUT2D eigenvalue weighted by Gasteiger charge is 2.26. The van der Waals surface area contributed by atoms with Crippen molar-refractivity contribution >= 4 is 11.9 Å². The number of hydrogen-bond donors (Lipinski definition) is 3. The lowest BCUT2D eigenvalue weighted by atomic mass is 9.92. The highest BCUT2D eigenvalue weighted by molar-refractivity contribution is 5.84. The number of nitrogens with one attached hydrogen (secondary N) is 3. The van der Waals surface area contributed by atoms with Gasteiger partial charge in [0.25, 0.3) is 0 Å². The van der Waals surface area contributed by atoms with Gasteiger partial charge in [0.1, 0.15) is 6.54 Å². The minimum Gasteiger partial charge on any atom is -0.359 e. The number of carbonyl (C=O) groups excluding carboxylic acids is 1. The Morgan fingerprint density at radius 3 is 2.52 bits per heavy atom. The largest absolute Gasteiger partial charge is 0.359 e. The quantitative estimate of drug-likeness (QED) is 0.469. The molecule has 1 rings (SSSR count). The highest BCUT2D eigenvalue weighted by Crippen LogP contribution is 2.22. The van der Waals surface area contributed by atoms with Crippen LogP contribution in [0, 0.1) is 5.41 Å². The van der Waals surface area contributed by atoms with Crippen LogP contribution in [0.1, 0.15) is 64.8 Å². The summed E-state index contributed by atoms with van der Waals surface area (Å²) in [5.41, 5.74) is 0.466. The van der Waals surface area contributed by atoms with Crippen molar-refractivity contribution in [1.82, 2.24) is 21.1 Å². The number of amides is 1. The molecule has 0 bridgehead atoms. The van der Waals surface area contributed by atoms with Gasteiger partial charge < -0.3 is 20.5 Å². The molecule has 1 heterocycles. The van der Waals surface area contributed by atoms with Crippen LogP contribution < -0.4 is 16.0 Å². The predicted octanol–water partition coefficient (Wildman–Crippen LogP) is 2.41. The molecule has 0 aromatic carbocycles. The first-order valence-electron chi connectivity index (χ1n) is 9.07. The molecule has 142 valence electrons. The van der Waals surface area contributed by atoms with Gasteiger partial charge in [-0.15, -0.1) is 0 Å². The minimum atomic E-state index is -0.528. The molecule has 1 aromatic heterocycles. The molecule has 7 nitrogen and oxygen atoms in total. The number of aromatic nitrogens is 1. The van der Waals surface area contributed by atoms with Crippen molar-refractivity contribution in [3.63, 3.8) is 0 Å². The molecule has 0 fully saturated rings. The molecule has 0 aliphatic carbocycles. The molecule has 7 heteroatoms. The first-order valence-corrected chi connectivity index (χ1v) is 9.07. The molecule has 0 unspecified atom stereocenters. The van der Waals surface area contributed by atoms with Gasteiger partial charge in [0, 0.05) is 32.1 Å². The number of carbonyl (C=O) groups is 1. The SMILES string of the molecule is CCNC(=NCc1cc(C(CC)CC)no1)NCC(C)(C)C(=O)NC. The first kappa shape index (κ1) is 21.0. The Kier molecular flexibility index (Phi) is 8.45. The third kappa shape index (κ3) is 6.40. The second-order valence-corrected chi connectivity index (χ2v) is 6.74. The molecule has 0 saturated carbocycles. The van der Waals surface area contributed by atoms with E-state index in [2.05, 4.69) is 39.9 Å². The summed E-state index contributed by atoms with van der Waals surface area (Å²) in [6.45, 7) is 11.7. The molecule has 1 amide bonds. The fourth-order valence-electron chi connectivity index (χ4n) is 2.52. The van der Waals surface area contributed by atoms with Crippen LogP contribution in [-0.4, -0.2) is 37.2 Å². The maximum Gasteiger partial charge on any atom is 0.227 e. The number of hydrogen-bond acceptors (Lipinski definition) is 4. The average molecular weight is 351 g/mol. The molecule has 0 spiro atoms. The van der Waals surface area contributed by atoms with E-state index in [4.69, 9.17) is 4.52 Å². The smallest absolute Gasteiger partial charge is 0.227 e. The van der Waals surface area contributed by atoms with E-state index in [1.54, 1.807) is 7.05 Å². The van der Waals surface area contributed by atoms with E-state index >= 15 is 0 Å². The van der Waals surface area contributed by atoms with E-state index < -0.39 is 5.41 Å². The lowest BCUT2D eigenvalue weighted by molar-refractivity contribution is -0.128. The Morgan fingerprint density at radius 1 is 1.28 bits per heavy atom. The molecule has 0 aliphatic heterocycles. The van der Waals surface area contributed by atoms with E-state index in [9.17, 15) is 4.79 Å². The zero-order valence-corrected chi connectivity index (χ0v) is 16.4. The van der Waals surface area contributed by atoms with Gasteiger partial charge >= 0.3 is 0 Å². The summed E-state index contributed by atoms with van der Waals surface area (Å²) in [5, 5.41) is 13.2. The second-order valence-electron chi connectivity index (χ2n) is 6.74. The second kappa shape index (κ2) is 10.1. The van der Waals surface area contributed by atoms with Crippen LogP contribution in [-0.2, 0) is 11.3 Å². The summed E-state index contributed by atoms with van der Waals surface area (Å²) in [6.07, 6.45) is 2.09. The molecule has 0 aliphatic rings. The van der Waals surface area contributed by atoms with E-state index in [0.29, 0.717) is 25.0 Å². The van der Waals surface area contributed by atoms with Crippen LogP contribution in [0.15, 0.2) is 15.6 Å². The average Bonchev–Trinajstić information content (AvgIpc) is 3.06. The number of aliphatic imine (C=N–C) groups is 1. The van der Waals surface area contributed by atoms with Crippen molar-refractivity contribution in [3.05, 3.63) is 17.5 Å². The molecule has 0 saturated heterocycles. The Bertz CT molecular complexity index is 562. The summed E-state index contributed by atoms with van der Waals surface area (Å²) >= 11 is 0. The van der Waals surface area contributed by atoms with Gasteiger partial charge in [0.15, 0.2) is 11.7 Å². The molecular weight excluding hydrogens is 318 g/mol. The minimum absolute atomic E-state index is 0.0131. The van der Waals surface area contributed by atoms with Crippen molar-refractivity contribution in [3.8, 4) is 0 Å². The predicted molar refractivity (Wildman–Crippen MR) is 100 cm³/mol. The van der Waals surface area contributed by atoms with Gasteiger partial charge in [-0.2, -0.15) is 0 Å². The van der Waals surface area contributed by atoms with Crippen molar-refractivity contribution in [2.45, 2.75) is 59.9 Å². The van der Waals surface area contributed by atoms with Gasteiger partial charge in [-0.25, -0.2) is 4.99 Å². The molecule has 3 N–H and O–H groups in total. The Morgan fingerprint density at radius 2 is 1.96 bits per heavy atom. The summed E-state index contributed by atoms with van der Waals surface area (Å²) in [4.78, 5) is 16.4. The molecule has 0 radical (unpaired) electrons. The number of guanidine groups is 1. The number of nitrogens with zero attached hydrogens (tertiary/aromatic N) is 2. The lowest BCUT2D eigenvalue weighted by Gasteiger charge is -2.24. The Hall–Kier alpha value is -2.05. The van der Waals surface area contributed by atoms with Crippen LogP contribution in [0.25, 0.3) is 0 Å². The fourth-order valence-corrected chi connectivity index (χ4v) is 2.52. The molecule has 1 aromatic rings. The van der Waals surface area contributed by atoms with E-state index in [-0.39, 0.29) is 5.91 Å². The third-order valence-electron chi connectivity index (χ3n) is 4.26. The zero-order chi connectivity index (χ0) is 18.9. The van der Waals surface area contributed by atoms with Crippen molar-refractivity contribution in [1.29, 1.82) is 0 Å². The summed E-state index contributed by atoms with van der Waals surface area (Å²) < 4.78 is 5.40. The van der Waals surface area contributed by atoms with Crippen LogP contribution in [0.5, 0.6) is 0 Å².